The van der Waals surface area contributed by atoms with E-state index in [0.717, 1.165) is 5.56 Å². The molecule has 0 fully saturated rings. The Morgan fingerprint density at radius 1 is 1.50 bits per heavy atom. The molecule has 0 aliphatic heterocycles. The highest BCUT2D eigenvalue weighted by Crippen LogP contribution is 2.23. The number of nitrogens with one attached hydrogen (secondary N) is 1. The molecule has 4 nitrogen and oxygen atoms in total. The van der Waals surface area contributed by atoms with Crippen molar-refractivity contribution in [1.82, 2.24) is 4.98 Å². The Balaban J connectivity index is 2.88. The largest absolute Gasteiger partial charge is 0.280 e. The predicted octanol–water partition coefficient (Wildman–Crippen LogP) is 2.41. The van der Waals surface area contributed by atoms with E-state index in [1.165, 1.54) is 6.20 Å². The van der Waals surface area contributed by atoms with Crippen LogP contribution in [0.2, 0.25) is 5.15 Å². The Kier molecular flexibility index (Phi) is 4.83. The van der Waals surface area contributed by atoms with E-state index < -0.39 is 10.0 Å². The fourth-order valence-electron chi connectivity index (χ4n) is 1.10. The van der Waals surface area contributed by atoms with Crippen molar-refractivity contribution in [2.45, 2.75) is 13.3 Å². The van der Waals surface area contributed by atoms with Crippen molar-refractivity contribution < 1.29 is 8.42 Å². The van der Waals surface area contributed by atoms with Gasteiger partial charge in [0, 0.05) is 12.1 Å². The Bertz CT molecular complexity index is 442. The molecule has 16 heavy (non-hydrogen) atoms. The molecule has 0 aliphatic rings. The number of sulfonamides is 1. The van der Waals surface area contributed by atoms with Gasteiger partial charge in [-0.2, -0.15) is 0 Å². The molecule has 0 spiro atoms. The first kappa shape index (κ1) is 13.5. The zero-order valence-electron chi connectivity index (χ0n) is 8.70. The normalized spacial score (nSPS) is 11.4. The van der Waals surface area contributed by atoms with Crippen LogP contribution in [0.5, 0.6) is 0 Å². The Morgan fingerprint density at radius 2 is 2.19 bits per heavy atom. The van der Waals surface area contributed by atoms with Crippen LogP contribution >= 0.6 is 23.2 Å². The monoisotopic (exact) mass is 282 g/mol. The molecule has 1 aromatic rings. The average Bonchev–Trinajstić information content (AvgIpc) is 2.21. The van der Waals surface area contributed by atoms with Gasteiger partial charge in [-0.15, -0.1) is 11.6 Å². The number of nitrogens with zero attached hydrogens (tertiary/aromatic N) is 1. The fraction of sp³-hybridized carbons (Fsp3) is 0.444. The Hall–Kier alpha value is -0.520. The lowest BCUT2D eigenvalue weighted by Crippen LogP contribution is -2.18. The third-order valence-electron chi connectivity index (χ3n) is 1.92. The van der Waals surface area contributed by atoms with Crippen molar-refractivity contribution >= 4 is 38.9 Å². The van der Waals surface area contributed by atoms with Crippen LogP contribution in [-0.4, -0.2) is 25.0 Å². The number of hydrogen-bond acceptors (Lipinski definition) is 3. The molecule has 7 heteroatoms. The number of hydrogen-bond donors (Lipinski definition) is 1. The van der Waals surface area contributed by atoms with Crippen LogP contribution in [0.1, 0.15) is 12.0 Å². The van der Waals surface area contributed by atoms with E-state index >= 15 is 0 Å². The highest BCUT2D eigenvalue weighted by atomic mass is 35.5. The maximum atomic E-state index is 11.6. The van der Waals surface area contributed by atoms with Gasteiger partial charge < -0.3 is 0 Å². The third-order valence-corrected chi connectivity index (χ3v) is 3.81. The molecule has 90 valence electrons. The van der Waals surface area contributed by atoms with E-state index in [9.17, 15) is 8.42 Å². The molecule has 1 rings (SSSR count). The second-order valence-electron chi connectivity index (χ2n) is 3.26. The maximum Gasteiger partial charge on any atom is 0.232 e. The predicted molar refractivity (Wildman–Crippen MR) is 66.7 cm³/mol. The molecule has 0 radical (unpaired) electrons. The molecular formula is C9H12Cl2N2O2S. The van der Waals surface area contributed by atoms with Crippen molar-refractivity contribution in [1.29, 1.82) is 0 Å². The van der Waals surface area contributed by atoms with Crippen molar-refractivity contribution in [3.8, 4) is 0 Å². The Labute approximate surface area is 105 Å². The zero-order chi connectivity index (χ0) is 12.2. The molecule has 0 aromatic carbocycles. The van der Waals surface area contributed by atoms with Crippen LogP contribution in [0.25, 0.3) is 0 Å². The number of aryl methyl sites for hydroxylation is 1. The van der Waals surface area contributed by atoms with E-state index in [2.05, 4.69) is 9.71 Å². The van der Waals surface area contributed by atoms with Gasteiger partial charge in [-0.1, -0.05) is 11.6 Å². The van der Waals surface area contributed by atoms with Crippen molar-refractivity contribution in [2.24, 2.45) is 0 Å². The van der Waals surface area contributed by atoms with E-state index in [1.807, 2.05) is 0 Å². The van der Waals surface area contributed by atoms with Gasteiger partial charge in [0.15, 0.2) is 5.15 Å². The molecule has 0 aliphatic carbocycles. The average molecular weight is 283 g/mol. The van der Waals surface area contributed by atoms with Crippen LogP contribution in [-0.2, 0) is 10.0 Å². The summed E-state index contributed by atoms with van der Waals surface area (Å²) in [6.07, 6.45) is 1.92. The standard InChI is InChI=1S/C9H12Cl2N2O2S/c1-7-3-5-12-9(11)8(7)13-16(14,15)6-2-4-10/h3,5,13H,2,4,6H2,1H3. The summed E-state index contributed by atoms with van der Waals surface area (Å²) in [4.78, 5) is 3.82. The first-order valence-corrected chi connectivity index (χ1v) is 7.20. The van der Waals surface area contributed by atoms with E-state index in [4.69, 9.17) is 23.2 Å². The van der Waals surface area contributed by atoms with E-state index in [0.29, 0.717) is 18.0 Å². The summed E-state index contributed by atoms with van der Waals surface area (Å²) in [5.74, 6) is 0.280. The van der Waals surface area contributed by atoms with Gasteiger partial charge in [0.1, 0.15) is 0 Å². The second kappa shape index (κ2) is 5.70. The van der Waals surface area contributed by atoms with Crippen LogP contribution in [0.4, 0.5) is 5.69 Å². The van der Waals surface area contributed by atoms with Crippen LogP contribution in [0, 0.1) is 6.92 Å². The van der Waals surface area contributed by atoms with Gasteiger partial charge in [0.05, 0.1) is 11.4 Å². The lowest BCUT2D eigenvalue weighted by molar-refractivity contribution is 0.600. The quantitative estimate of drug-likeness (QED) is 0.667. The summed E-state index contributed by atoms with van der Waals surface area (Å²) in [5.41, 5.74) is 1.06. The molecule has 0 saturated heterocycles. The lowest BCUT2D eigenvalue weighted by atomic mass is 10.3. The van der Waals surface area contributed by atoms with Crippen molar-refractivity contribution in [3.05, 3.63) is 23.0 Å². The van der Waals surface area contributed by atoms with Gasteiger partial charge in [0.25, 0.3) is 0 Å². The fourth-order valence-corrected chi connectivity index (χ4v) is 2.89. The molecule has 0 amide bonds. The summed E-state index contributed by atoms with van der Waals surface area (Å²) < 4.78 is 25.6. The van der Waals surface area contributed by atoms with Gasteiger partial charge in [0.2, 0.25) is 10.0 Å². The second-order valence-corrected chi connectivity index (χ2v) is 5.83. The number of halogens is 2. The molecule has 0 bridgehead atoms. The minimum Gasteiger partial charge on any atom is -0.280 e. The highest BCUT2D eigenvalue weighted by Gasteiger charge is 2.14. The van der Waals surface area contributed by atoms with Crippen LogP contribution in [0.15, 0.2) is 12.3 Å². The molecule has 0 atom stereocenters. The minimum atomic E-state index is -3.40. The SMILES string of the molecule is Cc1ccnc(Cl)c1NS(=O)(=O)CCCCl. The molecular weight excluding hydrogens is 271 g/mol. The first-order valence-electron chi connectivity index (χ1n) is 4.64. The third kappa shape index (κ3) is 3.81. The number of aromatic nitrogens is 1. The smallest absolute Gasteiger partial charge is 0.232 e. The van der Waals surface area contributed by atoms with Gasteiger partial charge in [-0.25, -0.2) is 13.4 Å². The number of anilines is 1. The van der Waals surface area contributed by atoms with Crippen molar-refractivity contribution in [2.75, 3.05) is 16.4 Å². The molecule has 0 unspecified atom stereocenters. The molecule has 1 heterocycles. The van der Waals surface area contributed by atoms with E-state index in [-0.39, 0.29) is 10.9 Å². The number of alkyl halides is 1. The van der Waals surface area contributed by atoms with Crippen LogP contribution < -0.4 is 4.72 Å². The maximum absolute atomic E-state index is 11.6. The summed E-state index contributed by atoms with van der Waals surface area (Å²) in [6, 6.07) is 1.69. The number of rotatable bonds is 5. The Morgan fingerprint density at radius 3 is 2.75 bits per heavy atom. The van der Waals surface area contributed by atoms with Crippen LogP contribution in [0.3, 0.4) is 0 Å². The summed E-state index contributed by atoms with van der Waals surface area (Å²) in [5, 5.41) is 0.148. The molecule has 1 aromatic heterocycles. The summed E-state index contributed by atoms with van der Waals surface area (Å²) in [7, 11) is -3.40. The summed E-state index contributed by atoms with van der Waals surface area (Å²) >= 11 is 11.2. The van der Waals surface area contributed by atoms with E-state index in [1.54, 1.807) is 13.0 Å². The molecule has 1 N–H and O–H groups in total. The zero-order valence-corrected chi connectivity index (χ0v) is 11.0. The van der Waals surface area contributed by atoms with Gasteiger partial charge >= 0.3 is 0 Å². The lowest BCUT2D eigenvalue weighted by Gasteiger charge is -2.10. The topological polar surface area (TPSA) is 59.1 Å². The van der Waals surface area contributed by atoms with Gasteiger partial charge in [-0.3, -0.25) is 4.72 Å². The first-order chi connectivity index (χ1) is 7.46. The minimum absolute atomic E-state index is 0.0266. The van der Waals surface area contributed by atoms with Gasteiger partial charge in [-0.05, 0) is 25.0 Å². The molecule has 0 saturated carbocycles. The highest BCUT2D eigenvalue weighted by molar-refractivity contribution is 7.92. The summed E-state index contributed by atoms with van der Waals surface area (Å²) in [6.45, 7) is 1.76. The van der Waals surface area contributed by atoms with Crippen molar-refractivity contribution in [3.63, 3.8) is 0 Å². The number of pyridine rings is 1.